The summed E-state index contributed by atoms with van der Waals surface area (Å²) in [6.07, 6.45) is 2.01. The molecule has 0 radical (unpaired) electrons. The summed E-state index contributed by atoms with van der Waals surface area (Å²) in [6.45, 7) is 5.58. The highest BCUT2D eigenvalue weighted by Crippen LogP contribution is 2.27. The molecule has 1 atom stereocenters. The van der Waals surface area contributed by atoms with E-state index in [1.165, 1.54) is 4.90 Å². The van der Waals surface area contributed by atoms with Crippen molar-refractivity contribution >= 4 is 50.7 Å². The normalized spacial score (nSPS) is 12.1. The van der Waals surface area contributed by atoms with Crippen LogP contribution in [0.2, 0.25) is 10.0 Å². The third-order valence-electron chi connectivity index (χ3n) is 6.48. The molecule has 0 aromatic heterocycles. The first-order valence-corrected chi connectivity index (χ1v) is 15.6. The number of nitrogens with one attached hydrogen (secondary N) is 1. The quantitative estimate of drug-likeness (QED) is 0.294. The van der Waals surface area contributed by atoms with E-state index in [1.807, 2.05) is 50.2 Å². The van der Waals surface area contributed by atoms with Gasteiger partial charge in [0.1, 0.15) is 12.6 Å². The fraction of sp³-hybridized carbons (Fsp3) is 0.333. The summed E-state index contributed by atoms with van der Waals surface area (Å²) in [5, 5.41) is 3.69. The Morgan fingerprint density at radius 1 is 0.975 bits per heavy atom. The van der Waals surface area contributed by atoms with Gasteiger partial charge in [0.15, 0.2) is 0 Å². The predicted molar refractivity (Wildman–Crippen MR) is 162 cm³/mol. The minimum Gasteiger partial charge on any atom is -0.354 e. The molecule has 214 valence electrons. The number of benzene rings is 3. The number of hydrogen-bond acceptors (Lipinski definition) is 4. The Labute approximate surface area is 247 Å². The second kappa shape index (κ2) is 14.0. The first-order chi connectivity index (χ1) is 18.9. The van der Waals surface area contributed by atoms with Gasteiger partial charge in [-0.05, 0) is 55.2 Å². The van der Waals surface area contributed by atoms with E-state index in [4.69, 9.17) is 23.2 Å². The number of rotatable bonds is 12. The zero-order chi connectivity index (χ0) is 29.4. The van der Waals surface area contributed by atoms with E-state index in [9.17, 15) is 18.0 Å². The number of hydrogen-bond donors (Lipinski definition) is 1. The van der Waals surface area contributed by atoms with E-state index in [1.54, 1.807) is 37.3 Å². The molecular weight excluding hydrogens is 569 g/mol. The number of sulfonamides is 1. The lowest BCUT2D eigenvalue weighted by Crippen LogP contribution is -2.53. The molecule has 0 aliphatic heterocycles. The van der Waals surface area contributed by atoms with Crippen LogP contribution in [0.5, 0.6) is 0 Å². The Morgan fingerprint density at radius 3 is 2.27 bits per heavy atom. The van der Waals surface area contributed by atoms with Crippen LogP contribution in [0.1, 0.15) is 35.6 Å². The van der Waals surface area contributed by atoms with Gasteiger partial charge < -0.3 is 10.2 Å². The van der Waals surface area contributed by atoms with Crippen molar-refractivity contribution in [3.63, 3.8) is 0 Å². The van der Waals surface area contributed by atoms with Crippen molar-refractivity contribution in [3.05, 3.63) is 99.0 Å². The molecule has 0 spiro atoms. The van der Waals surface area contributed by atoms with Crippen molar-refractivity contribution in [1.29, 1.82) is 0 Å². The maximum atomic E-state index is 14.1. The van der Waals surface area contributed by atoms with Crippen LogP contribution in [0, 0.1) is 13.8 Å². The van der Waals surface area contributed by atoms with Gasteiger partial charge in [0.2, 0.25) is 21.8 Å². The van der Waals surface area contributed by atoms with Gasteiger partial charge in [0.25, 0.3) is 0 Å². The fourth-order valence-corrected chi connectivity index (χ4v) is 5.81. The van der Waals surface area contributed by atoms with Gasteiger partial charge in [-0.3, -0.25) is 13.9 Å². The molecule has 7 nitrogen and oxygen atoms in total. The predicted octanol–water partition coefficient (Wildman–Crippen LogP) is 5.54. The Bertz CT molecular complexity index is 1450. The highest BCUT2D eigenvalue weighted by atomic mass is 35.5. The van der Waals surface area contributed by atoms with Crippen LogP contribution in [-0.4, -0.2) is 50.5 Å². The molecule has 0 saturated heterocycles. The van der Waals surface area contributed by atoms with Gasteiger partial charge in [0.05, 0.1) is 11.9 Å². The van der Waals surface area contributed by atoms with Gasteiger partial charge in [0, 0.05) is 29.6 Å². The maximum Gasteiger partial charge on any atom is 0.244 e. The van der Waals surface area contributed by atoms with Crippen LogP contribution in [0.15, 0.2) is 66.7 Å². The molecule has 3 rings (SSSR count). The van der Waals surface area contributed by atoms with Gasteiger partial charge in [-0.1, -0.05) is 84.2 Å². The first-order valence-electron chi connectivity index (χ1n) is 13.0. The van der Waals surface area contributed by atoms with Gasteiger partial charge in [-0.15, -0.1) is 0 Å². The van der Waals surface area contributed by atoms with Gasteiger partial charge in [-0.2, -0.15) is 0 Å². The third-order valence-corrected chi connectivity index (χ3v) is 8.19. The highest BCUT2D eigenvalue weighted by Gasteiger charge is 2.33. The molecule has 0 fully saturated rings. The Kier molecular flexibility index (Phi) is 11.0. The maximum absolute atomic E-state index is 14.1. The van der Waals surface area contributed by atoms with E-state index < -0.39 is 28.5 Å². The van der Waals surface area contributed by atoms with Gasteiger partial charge in [-0.25, -0.2) is 8.42 Å². The van der Waals surface area contributed by atoms with Crippen LogP contribution in [0.25, 0.3) is 0 Å². The second-order valence-corrected chi connectivity index (χ2v) is 12.6. The topological polar surface area (TPSA) is 86.8 Å². The van der Waals surface area contributed by atoms with E-state index in [0.717, 1.165) is 28.1 Å². The summed E-state index contributed by atoms with van der Waals surface area (Å²) >= 11 is 12.6. The van der Waals surface area contributed by atoms with Crippen molar-refractivity contribution in [2.45, 2.75) is 46.2 Å². The Morgan fingerprint density at radius 2 is 1.68 bits per heavy atom. The van der Waals surface area contributed by atoms with Crippen LogP contribution >= 0.6 is 23.2 Å². The summed E-state index contributed by atoms with van der Waals surface area (Å²) < 4.78 is 27.0. The fourth-order valence-electron chi connectivity index (χ4n) is 4.43. The molecule has 0 saturated carbocycles. The minimum atomic E-state index is -3.85. The molecule has 0 heterocycles. The number of halogens is 2. The molecule has 1 unspecified atom stereocenters. The monoisotopic (exact) mass is 603 g/mol. The average molecular weight is 605 g/mol. The molecule has 3 aromatic rings. The lowest BCUT2D eigenvalue weighted by atomic mass is 10.0. The summed E-state index contributed by atoms with van der Waals surface area (Å²) in [7, 11) is -3.85. The molecule has 3 aromatic carbocycles. The number of carbonyl (C=O) groups excluding carboxylic acids is 2. The van der Waals surface area contributed by atoms with Crippen LogP contribution in [0.3, 0.4) is 0 Å². The number of amides is 2. The zero-order valence-electron chi connectivity index (χ0n) is 23.2. The van der Waals surface area contributed by atoms with Crippen molar-refractivity contribution in [2.24, 2.45) is 0 Å². The summed E-state index contributed by atoms with van der Waals surface area (Å²) in [6, 6.07) is 18.7. The zero-order valence-corrected chi connectivity index (χ0v) is 25.5. The number of anilines is 1. The molecule has 0 aliphatic carbocycles. The lowest BCUT2D eigenvalue weighted by Gasteiger charge is -2.34. The van der Waals surface area contributed by atoms with Crippen LogP contribution in [0.4, 0.5) is 5.69 Å². The van der Waals surface area contributed by atoms with Gasteiger partial charge >= 0.3 is 0 Å². The Hall–Kier alpha value is -3.07. The van der Waals surface area contributed by atoms with E-state index in [-0.39, 0.29) is 18.9 Å². The summed E-state index contributed by atoms with van der Waals surface area (Å²) in [5.41, 5.74) is 3.52. The number of nitrogens with zero attached hydrogens (tertiary/aromatic N) is 2. The molecule has 40 heavy (non-hydrogen) atoms. The molecule has 10 heteroatoms. The molecular formula is C30H35Cl2N3O4S. The Balaban J connectivity index is 2.09. The van der Waals surface area contributed by atoms with E-state index >= 15 is 0 Å². The van der Waals surface area contributed by atoms with Crippen LogP contribution < -0.4 is 9.62 Å². The summed E-state index contributed by atoms with van der Waals surface area (Å²) in [4.78, 5) is 29.1. The SMILES string of the molecule is CCCNC(=O)C(Cc1ccccc1)N(Cc1ccc(Cl)cc1Cl)C(=O)CN(c1ccc(C)cc1C)S(C)(=O)=O. The minimum absolute atomic E-state index is 0.0175. The standard InChI is InChI=1S/C30H35Cl2N3O4S/c1-5-15-33-30(37)28(17-23-9-7-6-8-10-23)34(19-24-12-13-25(31)18-26(24)32)29(36)20-35(40(4,38)39)27-14-11-21(2)16-22(27)3/h6-14,16,18,28H,5,15,17,19-20H2,1-4H3,(H,33,37). The average Bonchev–Trinajstić information content (AvgIpc) is 2.89. The van der Waals surface area contributed by atoms with E-state index in [0.29, 0.717) is 33.4 Å². The highest BCUT2D eigenvalue weighted by molar-refractivity contribution is 7.92. The van der Waals surface area contributed by atoms with Crippen molar-refractivity contribution in [3.8, 4) is 0 Å². The van der Waals surface area contributed by atoms with Crippen molar-refractivity contribution in [2.75, 3.05) is 23.7 Å². The first kappa shape index (κ1) is 31.5. The third kappa shape index (κ3) is 8.46. The number of aryl methyl sites for hydroxylation is 2. The smallest absolute Gasteiger partial charge is 0.244 e. The molecule has 2 amide bonds. The van der Waals surface area contributed by atoms with Crippen molar-refractivity contribution < 1.29 is 18.0 Å². The molecule has 0 aliphatic rings. The molecule has 0 bridgehead atoms. The van der Waals surface area contributed by atoms with Crippen molar-refractivity contribution in [1.82, 2.24) is 10.2 Å². The van der Waals surface area contributed by atoms with E-state index in [2.05, 4.69) is 5.32 Å². The molecule has 1 N–H and O–H groups in total. The largest absolute Gasteiger partial charge is 0.354 e. The summed E-state index contributed by atoms with van der Waals surface area (Å²) in [5.74, 6) is -0.870. The van der Waals surface area contributed by atoms with Crippen LogP contribution in [-0.2, 0) is 32.6 Å². The number of carbonyl (C=O) groups is 2. The lowest BCUT2D eigenvalue weighted by molar-refractivity contribution is -0.140. The second-order valence-electron chi connectivity index (χ2n) is 9.81.